The van der Waals surface area contributed by atoms with Crippen LogP contribution in [0, 0.1) is 6.92 Å². The van der Waals surface area contributed by atoms with E-state index in [4.69, 9.17) is 18.9 Å². The van der Waals surface area contributed by atoms with E-state index in [1.807, 2.05) is 12.1 Å². The zero-order chi connectivity index (χ0) is 46.8. The average Bonchev–Trinajstić information content (AvgIpc) is 4.17. The van der Waals surface area contributed by atoms with Crippen LogP contribution in [0.1, 0.15) is 55.5 Å². The molecule has 9 aromatic carbocycles. The van der Waals surface area contributed by atoms with Gasteiger partial charge < -0.3 is 28.7 Å². The Kier molecular flexibility index (Phi) is 7.95. The number of hydrogen-bond donors (Lipinski definition) is 0. The molecule has 0 N–H and O–H groups in total. The number of fused-ring (bicyclic) bond motifs is 12. The predicted octanol–water partition coefficient (Wildman–Crippen LogP) is 13.5. The number of hydrogen-bond acceptors (Lipinski definition) is 6. The van der Waals surface area contributed by atoms with Crippen LogP contribution in [-0.2, 0) is 10.8 Å². The second-order valence-electron chi connectivity index (χ2n) is 20.8. The summed E-state index contributed by atoms with van der Waals surface area (Å²) in [5, 5.41) is 0. The zero-order valence-corrected chi connectivity index (χ0v) is 39.7. The van der Waals surface area contributed by atoms with Gasteiger partial charge in [-0.1, -0.05) is 137 Å². The largest absolute Gasteiger partial charge is 0.454 e. The Labute approximate surface area is 408 Å². The number of nitrogens with zero attached hydrogens (tertiary/aromatic N) is 2. The maximum Gasteiger partial charge on any atom is 0.252 e. The molecule has 15 rings (SSSR count). The van der Waals surface area contributed by atoms with Crippen molar-refractivity contribution in [2.45, 2.75) is 45.4 Å². The predicted molar refractivity (Wildman–Crippen MR) is 283 cm³/mol. The minimum absolute atomic E-state index is 0.101. The summed E-state index contributed by atoms with van der Waals surface area (Å²) in [6, 6.07) is 63.3. The summed E-state index contributed by atoms with van der Waals surface area (Å²) in [7, 11) is 0. The van der Waals surface area contributed by atoms with E-state index < -0.39 is 0 Å². The fourth-order valence-corrected chi connectivity index (χ4v) is 13.0. The summed E-state index contributed by atoms with van der Waals surface area (Å²) in [5.41, 5.74) is 26.3. The molecule has 4 aliphatic heterocycles. The summed E-state index contributed by atoms with van der Waals surface area (Å²) < 4.78 is 24.9. The van der Waals surface area contributed by atoms with Gasteiger partial charge in [0.15, 0.2) is 23.0 Å². The third-order valence-corrected chi connectivity index (χ3v) is 16.3. The number of para-hydroxylation sites is 2. The highest BCUT2D eigenvalue weighted by atomic mass is 16.7. The van der Waals surface area contributed by atoms with Crippen LogP contribution in [0.2, 0.25) is 0 Å². The van der Waals surface area contributed by atoms with Gasteiger partial charge in [-0.3, -0.25) is 0 Å². The molecule has 0 amide bonds. The Morgan fingerprint density at radius 2 is 0.814 bits per heavy atom. The van der Waals surface area contributed by atoms with E-state index in [2.05, 4.69) is 202 Å². The lowest BCUT2D eigenvalue weighted by molar-refractivity contribution is 0.174. The monoisotopic (exact) mass is 906 g/mol. The molecule has 6 nitrogen and oxygen atoms in total. The molecular formula is C63H47BN2O4. The molecular weight excluding hydrogens is 860 g/mol. The van der Waals surface area contributed by atoms with Crippen molar-refractivity contribution in [3.05, 3.63) is 198 Å². The molecule has 0 unspecified atom stereocenters. The second kappa shape index (κ2) is 14.0. The summed E-state index contributed by atoms with van der Waals surface area (Å²) in [6.07, 6.45) is 0. The molecule has 7 heteroatoms. The van der Waals surface area contributed by atoms with Gasteiger partial charge in [-0.15, -0.1) is 0 Å². The smallest absolute Gasteiger partial charge is 0.252 e. The normalized spacial score (nSPS) is 16.0. The molecule has 0 radical (unpaired) electrons. The van der Waals surface area contributed by atoms with Gasteiger partial charge >= 0.3 is 0 Å². The first-order valence-corrected chi connectivity index (χ1v) is 24.4. The molecule has 0 bridgehead atoms. The lowest BCUT2D eigenvalue weighted by Crippen LogP contribution is -2.61. The number of ether oxygens (including phenoxy) is 4. The van der Waals surface area contributed by atoms with Crippen molar-refractivity contribution in [3.8, 4) is 67.5 Å². The minimum Gasteiger partial charge on any atom is -0.454 e. The summed E-state index contributed by atoms with van der Waals surface area (Å²) in [6.45, 7) is 11.9. The highest BCUT2D eigenvalue weighted by Gasteiger charge is 2.46. The Bertz CT molecular complexity index is 3560. The van der Waals surface area contributed by atoms with E-state index in [1.165, 1.54) is 72.0 Å². The quantitative estimate of drug-likeness (QED) is 0.164. The number of aryl methyl sites for hydroxylation is 1. The van der Waals surface area contributed by atoms with Gasteiger partial charge in [0, 0.05) is 33.6 Å². The first-order chi connectivity index (χ1) is 34.1. The van der Waals surface area contributed by atoms with Gasteiger partial charge in [0.1, 0.15) is 0 Å². The molecule has 0 aromatic heterocycles. The SMILES string of the molecule is Cc1cc2c3c(c1)N(c1cccc4c1OCO4)c1cc(-c4ccc5c(c4)C(C)(C)c4ccccc4-5)ccc1B3c1ccc(-c3ccc4c(c3)C(C)(C)c3ccccc3-4)cc1N2c1cccc2c1OCO2. The zero-order valence-electron chi connectivity index (χ0n) is 39.7. The molecule has 6 aliphatic rings. The van der Waals surface area contributed by atoms with Gasteiger partial charge in [-0.25, -0.2) is 0 Å². The van der Waals surface area contributed by atoms with Crippen LogP contribution in [0.3, 0.4) is 0 Å². The number of rotatable bonds is 4. The van der Waals surface area contributed by atoms with Crippen LogP contribution in [0.4, 0.5) is 34.1 Å². The molecule has 0 atom stereocenters. The van der Waals surface area contributed by atoms with Crippen LogP contribution in [-0.4, -0.2) is 20.3 Å². The van der Waals surface area contributed by atoms with Crippen LogP contribution in [0.25, 0.3) is 44.5 Å². The Balaban J connectivity index is 0.967. The van der Waals surface area contributed by atoms with Crippen molar-refractivity contribution in [3.63, 3.8) is 0 Å². The summed E-state index contributed by atoms with van der Waals surface area (Å²) >= 11 is 0. The lowest BCUT2D eigenvalue weighted by atomic mass is 9.33. The van der Waals surface area contributed by atoms with Gasteiger partial charge in [0.25, 0.3) is 6.71 Å². The van der Waals surface area contributed by atoms with E-state index >= 15 is 0 Å². The molecule has 2 aliphatic carbocycles. The van der Waals surface area contributed by atoms with E-state index in [0.717, 1.165) is 73.8 Å². The molecule has 0 fully saturated rings. The van der Waals surface area contributed by atoms with Crippen LogP contribution in [0.15, 0.2) is 170 Å². The van der Waals surface area contributed by atoms with Crippen molar-refractivity contribution in [2.24, 2.45) is 0 Å². The third kappa shape index (κ3) is 5.29. The van der Waals surface area contributed by atoms with E-state index in [9.17, 15) is 0 Å². The fourth-order valence-electron chi connectivity index (χ4n) is 13.0. The number of anilines is 6. The van der Waals surface area contributed by atoms with Crippen molar-refractivity contribution in [1.82, 2.24) is 0 Å². The summed E-state index contributed by atoms with van der Waals surface area (Å²) in [4.78, 5) is 4.86. The minimum atomic E-state index is -0.120. The first kappa shape index (κ1) is 39.8. The average molecular weight is 907 g/mol. The lowest BCUT2D eigenvalue weighted by Gasteiger charge is -2.44. The molecule has 0 saturated heterocycles. The van der Waals surface area contributed by atoms with Crippen molar-refractivity contribution >= 4 is 57.2 Å². The van der Waals surface area contributed by atoms with Gasteiger partial charge in [0.05, 0.1) is 11.4 Å². The molecule has 0 saturated carbocycles. The van der Waals surface area contributed by atoms with E-state index in [0.29, 0.717) is 0 Å². The molecule has 70 heavy (non-hydrogen) atoms. The molecule has 9 aromatic rings. The standard InChI is InChI=1S/C63H47BN2O4/c1-36-28-55-59-56(29-36)66(52-17-11-19-58-61(52)70-35-68-58)54-33-40(38-21-25-44-42-13-7-9-15-46(42)63(4,5)48(44)31-38)23-27-50(54)64(59)49-26-22-39(32-53(49)65(55)51-16-10-18-57-60(51)69-34-67-57)37-20-24-43-41-12-6-8-14-45(41)62(2,3)47(43)30-37/h6-33H,34-35H2,1-5H3. The highest BCUT2D eigenvalue weighted by molar-refractivity contribution is 7.00. The van der Waals surface area contributed by atoms with Crippen LogP contribution in [0.5, 0.6) is 23.0 Å². The molecule has 336 valence electrons. The van der Waals surface area contributed by atoms with E-state index in [1.54, 1.807) is 0 Å². The Morgan fingerprint density at radius 3 is 1.30 bits per heavy atom. The second-order valence-corrected chi connectivity index (χ2v) is 20.8. The van der Waals surface area contributed by atoms with Gasteiger partial charge in [-0.05, 0) is 156 Å². The van der Waals surface area contributed by atoms with E-state index in [-0.39, 0.29) is 31.1 Å². The Morgan fingerprint density at radius 1 is 0.386 bits per heavy atom. The highest BCUT2D eigenvalue weighted by Crippen LogP contribution is 2.55. The number of benzene rings is 9. The maximum absolute atomic E-state index is 6.37. The summed E-state index contributed by atoms with van der Waals surface area (Å²) in [5.74, 6) is 2.98. The van der Waals surface area contributed by atoms with Gasteiger partial charge in [-0.2, -0.15) is 0 Å². The maximum atomic E-state index is 6.37. The van der Waals surface area contributed by atoms with Crippen LogP contribution >= 0.6 is 0 Å². The fraction of sp³-hybridized carbons (Fsp3) is 0.143. The topological polar surface area (TPSA) is 43.4 Å². The van der Waals surface area contributed by atoms with Gasteiger partial charge in [0.2, 0.25) is 13.6 Å². The van der Waals surface area contributed by atoms with Crippen molar-refractivity contribution in [2.75, 3.05) is 23.4 Å². The molecule has 4 heterocycles. The van der Waals surface area contributed by atoms with Crippen LogP contribution < -0.4 is 45.1 Å². The Hall–Kier alpha value is -8.16. The van der Waals surface area contributed by atoms with Crippen molar-refractivity contribution < 1.29 is 18.9 Å². The molecule has 0 spiro atoms. The third-order valence-electron chi connectivity index (χ3n) is 16.3. The van der Waals surface area contributed by atoms with Crippen molar-refractivity contribution in [1.29, 1.82) is 0 Å². The first-order valence-electron chi connectivity index (χ1n) is 24.4.